The Morgan fingerprint density at radius 3 is 2.84 bits per heavy atom. The van der Waals surface area contributed by atoms with Gasteiger partial charge in [0, 0.05) is 23.9 Å². The molecule has 4 heteroatoms. The zero-order chi connectivity index (χ0) is 13.3. The van der Waals surface area contributed by atoms with Crippen molar-refractivity contribution in [1.82, 2.24) is 4.98 Å². The average molecular weight is 271 g/mol. The maximum Gasteiger partial charge on any atom is 0.161 e. The van der Waals surface area contributed by atoms with E-state index in [4.69, 9.17) is 0 Å². The molecule has 0 saturated carbocycles. The number of aliphatic imine (C=N–C) groups is 1. The third-order valence-electron chi connectivity index (χ3n) is 3.12. The second kappa shape index (κ2) is 4.85. The van der Waals surface area contributed by atoms with Crippen molar-refractivity contribution < 1.29 is 0 Å². The zero-order valence-corrected chi connectivity index (χ0v) is 12.0. The molecule has 0 amide bonds. The summed E-state index contributed by atoms with van der Waals surface area (Å²) in [6.07, 6.45) is 1.83. The number of amidine groups is 1. The van der Waals surface area contributed by atoms with Crippen LogP contribution in [0, 0.1) is 5.41 Å². The fraction of sp³-hybridized carbons (Fsp3) is 0.333. The maximum atomic E-state index is 4.63. The van der Waals surface area contributed by atoms with Gasteiger partial charge in [0.1, 0.15) is 0 Å². The van der Waals surface area contributed by atoms with Gasteiger partial charge in [-0.3, -0.25) is 9.98 Å². The van der Waals surface area contributed by atoms with Crippen LogP contribution in [-0.4, -0.2) is 22.4 Å². The summed E-state index contributed by atoms with van der Waals surface area (Å²) < 4.78 is 0. The molecule has 1 aliphatic rings. The molecule has 1 N–H and O–H groups in total. The van der Waals surface area contributed by atoms with Gasteiger partial charge in [-0.05, 0) is 17.5 Å². The van der Waals surface area contributed by atoms with E-state index >= 15 is 0 Å². The van der Waals surface area contributed by atoms with E-state index in [2.05, 4.69) is 47.3 Å². The van der Waals surface area contributed by atoms with Crippen molar-refractivity contribution in [2.75, 3.05) is 17.6 Å². The molecule has 19 heavy (non-hydrogen) atoms. The van der Waals surface area contributed by atoms with Gasteiger partial charge in [0.05, 0.1) is 11.2 Å². The molecule has 0 aliphatic carbocycles. The smallest absolute Gasteiger partial charge is 0.161 e. The summed E-state index contributed by atoms with van der Waals surface area (Å²) in [5.74, 6) is 1.09. The maximum absolute atomic E-state index is 4.63. The molecular formula is C15H17N3S. The lowest BCUT2D eigenvalue weighted by Crippen LogP contribution is -2.27. The Morgan fingerprint density at radius 1 is 1.21 bits per heavy atom. The molecule has 1 aliphatic heterocycles. The third kappa shape index (κ3) is 2.73. The van der Waals surface area contributed by atoms with Gasteiger partial charge < -0.3 is 5.32 Å². The monoisotopic (exact) mass is 271 g/mol. The second-order valence-corrected chi connectivity index (χ2v) is 6.54. The Labute approximate surface area is 117 Å². The molecule has 2 aromatic rings. The first-order valence-corrected chi connectivity index (χ1v) is 7.41. The predicted molar refractivity (Wildman–Crippen MR) is 83.9 cm³/mol. The molecule has 98 valence electrons. The van der Waals surface area contributed by atoms with Crippen LogP contribution in [0.1, 0.15) is 13.8 Å². The first-order chi connectivity index (χ1) is 9.14. The summed E-state index contributed by atoms with van der Waals surface area (Å²) in [6.45, 7) is 5.38. The Hall–Kier alpha value is -1.55. The molecule has 0 spiro atoms. The molecule has 1 aromatic carbocycles. The average Bonchev–Trinajstić information content (AvgIpc) is 2.42. The predicted octanol–water partition coefficient (Wildman–Crippen LogP) is 3.78. The van der Waals surface area contributed by atoms with E-state index in [1.54, 1.807) is 11.8 Å². The largest absolute Gasteiger partial charge is 0.333 e. The molecule has 0 atom stereocenters. The number of aromatic nitrogens is 1. The lowest BCUT2D eigenvalue weighted by atomic mass is 9.97. The number of hydrogen-bond donors (Lipinski definition) is 1. The summed E-state index contributed by atoms with van der Waals surface area (Å²) >= 11 is 1.78. The van der Waals surface area contributed by atoms with Gasteiger partial charge in [-0.1, -0.05) is 43.8 Å². The first kappa shape index (κ1) is 12.5. The topological polar surface area (TPSA) is 37.3 Å². The van der Waals surface area contributed by atoms with Crippen LogP contribution in [0.25, 0.3) is 10.9 Å². The lowest BCUT2D eigenvalue weighted by molar-refractivity contribution is 0.438. The number of para-hydroxylation sites is 1. The Kier molecular flexibility index (Phi) is 3.19. The third-order valence-corrected chi connectivity index (χ3v) is 4.56. The van der Waals surface area contributed by atoms with Crippen LogP contribution in [-0.2, 0) is 0 Å². The minimum atomic E-state index is 0.298. The SMILES string of the molecule is CC1(C)CN=C(Nc2cccc3cccnc23)SC1. The van der Waals surface area contributed by atoms with Crippen molar-refractivity contribution in [2.24, 2.45) is 10.4 Å². The number of nitrogens with one attached hydrogen (secondary N) is 1. The number of thioether (sulfide) groups is 1. The van der Waals surface area contributed by atoms with Gasteiger partial charge in [0.2, 0.25) is 0 Å². The lowest BCUT2D eigenvalue weighted by Gasteiger charge is -2.27. The number of nitrogens with zero attached hydrogens (tertiary/aromatic N) is 2. The summed E-state index contributed by atoms with van der Waals surface area (Å²) in [4.78, 5) is 9.07. The van der Waals surface area contributed by atoms with Gasteiger partial charge in [0.25, 0.3) is 0 Å². The summed E-state index contributed by atoms with van der Waals surface area (Å²) in [7, 11) is 0. The van der Waals surface area contributed by atoms with Crippen molar-refractivity contribution in [1.29, 1.82) is 0 Å². The van der Waals surface area contributed by atoms with Crippen LogP contribution < -0.4 is 5.32 Å². The molecule has 0 saturated heterocycles. The van der Waals surface area contributed by atoms with Crippen molar-refractivity contribution in [3.63, 3.8) is 0 Å². The molecule has 1 aromatic heterocycles. The highest BCUT2D eigenvalue weighted by atomic mass is 32.2. The van der Waals surface area contributed by atoms with Crippen molar-refractivity contribution in [3.8, 4) is 0 Å². The molecular weight excluding hydrogens is 254 g/mol. The van der Waals surface area contributed by atoms with E-state index in [0.29, 0.717) is 5.41 Å². The number of hydrogen-bond acceptors (Lipinski definition) is 4. The van der Waals surface area contributed by atoms with Crippen molar-refractivity contribution in [3.05, 3.63) is 36.5 Å². The highest BCUT2D eigenvalue weighted by Crippen LogP contribution is 2.29. The second-order valence-electron chi connectivity index (χ2n) is 5.58. The van der Waals surface area contributed by atoms with E-state index in [0.717, 1.165) is 34.1 Å². The summed E-state index contributed by atoms with van der Waals surface area (Å²) in [6, 6.07) is 10.2. The molecule has 0 radical (unpaired) electrons. The van der Waals surface area contributed by atoms with Crippen LogP contribution in [0.4, 0.5) is 5.69 Å². The van der Waals surface area contributed by atoms with Crippen LogP contribution in [0.2, 0.25) is 0 Å². The molecule has 3 rings (SSSR count). The van der Waals surface area contributed by atoms with Gasteiger partial charge in [-0.15, -0.1) is 0 Å². The van der Waals surface area contributed by atoms with Crippen LogP contribution >= 0.6 is 11.8 Å². The molecule has 0 bridgehead atoms. The molecule has 0 unspecified atom stereocenters. The molecule has 0 fully saturated rings. The van der Waals surface area contributed by atoms with E-state index < -0.39 is 0 Å². The Bertz CT molecular complexity index is 629. The van der Waals surface area contributed by atoms with Crippen LogP contribution in [0.15, 0.2) is 41.5 Å². The Morgan fingerprint density at radius 2 is 2.05 bits per heavy atom. The quantitative estimate of drug-likeness (QED) is 0.857. The van der Waals surface area contributed by atoms with E-state index in [1.165, 1.54) is 0 Å². The van der Waals surface area contributed by atoms with Crippen molar-refractivity contribution >= 4 is 33.5 Å². The number of benzene rings is 1. The fourth-order valence-corrected chi connectivity index (χ4v) is 2.99. The van der Waals surface area contributed by atoms with Gasteiger partial charge in [-0.25, -0.2) is 0 Å². The highest BCUT2D eigenvalue weighted by molar-refractivity contribution is 8.14. The Balaban J connectivity index is 1.88. The first-order valence-electron chi connectivity index (χ1n) is 6.42. The van der Waals surface area contributed by atoms with Gasteiger partial charge >= 0.3 is 0 Å². The minimum Gasteiger partial charge on any atom is -0.333 e. The van der Waals surface area contributed by atoms with Crippen LogP contribution in [0.5, 0.6) is 0 Å². The number of rotatable bonds is 1. The number of pyridine rings is 1. The summed E-state index contributed by atoms with van der Waals surface area (Å²) in [5.41, 5.74) is 2.33. The van der Waals surface area contributed by atoms with Crippen molar-refractivity contribution in [2.45, 2.75) is 13.8 Å². The highest BCUT2D eigenvalue weighted by Gasteiger charge is 2.23. The van der Waals surface area contributed by atoms with E-state index in [1.807, 2.05) is 18.3 Å². The fourth-order valence-electron chi connectivity index (χ4n) is 2.04. The number of anilines is 1. The zero-order valence-electron chi connectivity index (χ0n) is 11.2. The van der Waals surface area contributed by atoms with E-state index in [-0.39, 0.29) is 0 Å². The van der Waals surface area contributed by atoms with Crippen LogP contribution in [0.3, 0.4) is 0 Å². The molecule has 2 heterocycles. The normalized spacial score (nSPS) is 18.1. The van der Waals surface area contributed by atoms with Gasteiger partial charge in [-0.2, -0.15) is 0 Å². The standard InChI is InChI=1S/C15H17N3S/c1-15(2)9-17-14(19-10-15)18-12-7-3-5-11-6-4-8-16-13(11)12/h3-8H,9-10H2,1-2H3,(H,17,18). The number of fused-ring (bicyclic) bond motifs is 1. The van der Waals surface area contributed by atoms with E-state index in [9.17, 15) is 0 Å². The minimum absolute atomic E-state index is 0.298. The molecule has 3 nitrogen and oxygen atoms in total. The van der Waals surface area contributed by atoms with Gasteiger partial charge in [0.15, 0.2) is 5.17 Å². The summed E-state index contributed by atoms with van der Waals surface area (Å²) in [5, 5.41) is 5.56.